The lowest BCUT2D eigenvalue weighted by molar-refractivity contribution is -0.136. The molecule has 0 spiro atoms. The molecular formula is C27H29N5O. The Hall–Kier alpha value is -3.54. The summed E-state index contributed by atoms with van der Waals surface area (Å²) in [4.78, 5) is 25.3. The van der Waals surface area contributed by atoms with Gasteiger partial charge in [-0.3, -0.25) is 4.79 Å². The molecule has 33 heavy (non-hydrogen) atoms. The summed E-state index contributed by atoms with van der Waals surface area (Å²) in [6.45, 7) is 5.05. The van der Waals surface area contributed by atoms with Gasteiger partial charge in [0.15, 0.2) is 5.82 Å². The third-order valence-corrected chi connectivity index (χ3v) is 7.13. The molecule has 0 aliphatic carbocycles. The number of benzene rings is 2. The molecule has 0 unspecified atom stereocenters. The zero-order chi connectivity index (χ0) is 22.2. The summed E-state index contributed by atoms with van der Waals surface area (Å²) in [5.74, 6) is 1.33. The minimum atomic E-state index is 0.0327. The summed E-state index contributed by atoms with van der Waals surface area (Å²) in [7, 11) is 0. The third-order valence-electron chi connectivity index (χ3n) is 7.13. The number of para-hydroxylation sites is 3. The number of rotatable bonds is 3. The van der Waals surface area contributed by atoms with Crippen LogP contribution in [0, 0.1) is 5.92 Å². The van der Waals surface area contributed by atoms with Crippen LogP contribution in [-0.4, -0.2) is 59.5 Å². The van der Waals surface area contributed by atoms with Crippen molar-refractivity contribution in [1.82, 2.24) is 14.3 Å². The molecule has 0 bridgehead atoms. The zero-order valence-corrected chi connectivity index (χ0v) is 18.8. The van der Waals surface area contributed by atoms with Gasteiger partial charge in [-0.05, 0) is 49.2 Å². The van der Waals surface area contributed by atoms with Crippen molar-refractivity contribution >= 4 is 34.0 Å². The fraction of sp³-hybridized carbons (Fsp3) is 0.333. The molecule has 0 saturated carbocycles. The van der Waals surface area contributed by atoms with Crippen molar-refractivity contribution in [2.75, 3.05) is 49.1 Å². The van der Waals surface area contributed by atoms with Crippen molar-refractivity contribution in [3.63, 3.8) is 0 Å². The number of nitrogens with zero attached hydrogens (tertiary/aromatic N) is 5. The van der Waals surface area contributed by atoms with Crippen LogP contribution in [0.1, 0.15) is 12.8 Å². The molecule has 1 amide bonds. The molecule has 2 aliphatic heterocycles. The second-order valence-corrected chi connectivity index (χ2v) is 9.12. The summed E-state index contributed by atoms with van der Waals surface area (Å²) in [6.07, 6.45) is 4.07. The Balaban J connectivity index is 1.19. The topological polar surface area (TPSA) is 44.1 Å². The third kappa shape index (κ3) is 3.69. The van der Waals surface area contributed by atoms with Crippen molar-refractivity contribution in [3.8, 4) is 0 Å². The number of piperazine rings is 1. The van der Waals surface area contributed by atoms with Gasteiger partial charge in [-0.25, -0.2) is 4.98 Å². The van der Waals surface area contributed by atoms with Gasteiger partial charge in [-0.2, -0.15) is 0 Å². The van der Waals surface area contributed by atoms with Gasteiger partial charge in [0, 0.05) is 51.2 Å². The van der Waals surface area contributed by atoms with Crippen LogP contribution in [0.3, 0.4) is 0 Å². The zero-order valence-electron chi connectivity index (χ0n) is 18.8. The highest BCUT2D eigenvalue weighted by atomic mass is 16.2. The molecule has 0 N–H and O–H groups in total. The highest BCUT2D eigenvalue weighted by Crippen LogP contribution is 2.30. The molecule has 6 rings (SSSR count). The Bertz CT molecular complexity index is 1280. The molecule has 2 aromatic carbocycles. The summed E-state index contributed by atoms with van der Waals surface area (Å²) < 4.78 is 2.21. The number of hydrogen-bond acceptors (Lipinski definition) is 4. The number of carbonyl (C=O) groups is 1. The molecule has 2 aliphatic rings. The molecule has 4 heterocycles. The van der Waals surface area contributed by atoms with Crippen molar-refractivity contribution in [3.05, 3.63) is 72.9 Å². The molecular weight excluding hydrogens is 410 g/mol. The molecule has 6 nitrogen and oxygen atoms in total. The molecule has 2 fully saturated rings. The first-order valence-electron chi connectivity index (χ1n) is 12.0. The van der Waals surface area contributed by atoms with Crippen molar-refractivity contribution in [2.24, 2.45) is 5.92 Å². The van der Waals surface area contributed by atoms with E-state index in [2.05, 4.69) is 79.9 Å². The van der Waals surface area contributed by atoms with Crippen LogP contribution in [0.15, 0.2) is 72.9 Å². The Kier molecular flexibility index (Phi) is 5.13. The van der Waals surface area contributed by atoms with Crippen LogP contribution in [-0.2, 0) is 4.79 Å². The van der Waals surface area contributed by atoms with E-state index >= 15 is 0 Å². The summed E-state index contributed by atoms with van der Waals surface area (Å²) in [5.41, 5.74) is 4.45. The number of piperidine rings is 1. The first-order chi connectivity index (χ1) is 16.3. The van der Waals surface area contributed by atoms with Gasteiger partial charge in [-0.1, -0.05) is 30.3 Å². The Morgan fingerprint density at radius 2 is 1.55 bits per heavy atom. The van der Waals surface area contributed by atoms with Crippen LogP contribution < -0.4 is 9.80 Å². The van der Waals surface area contributed by atoms with E-state index in [1.807, 2.05) is 12.1 Å². The lowest BCUT2D eigenvalue weighted by Gasteiger charge is -2.40. The molecule has 0 radical (unpaired) electrons. The van der Waals surface area contributed by atoms with E-state index in [-0.39, 0.29) is 5.92 Å². The van der Waals surface area contributed by atoms with Gasteiger partial charge in [0.05, 0.1) is 22.5 Å². The van der Waals surface area contributed by atoms with Gasteiger partial charge in [0.25, 0.3) is 0 Å². The average molecular weight is 440 g/mol. The largest absolute Gasteiger partial charge is 0.368 e. The molecule has 4 aromatic rings. The quantitative estimate of drug-likeness (QED) is 0.483. The number of hydrogen-bond donors (Lipinski definition) is 0. The summed E-state index contributed by atoms with van der Waals surface area (Å²) >= 11 is 0. The van der Waals surface area contributed by atoms with Crippen LogP contribution in [0.5, 0.6) is 0 Å². The van der Waals surface area contributed by atoms with Crippen molar-refractivity contribution in [1.29, 1.82) is 0 Å². The Morgan fingerprint density at radius 3 is 2.39 bits per heavy atom. The van der Waals surface area contributed by atoms with E-state index in [9.17, 15) is 4.79 Å². The summed E-state index contributed by atoms with van der Waals surface area (Å²) in [6, 6.07) is 23.0. The Morgan fingerprint density at radius 1 is 0.788 bits per heavy atom. The van der Waals surface area contributed by atoms with E-state index in [0.29, 0.717) is 5.91 Å². The minimum absolute atomic E-state index is 0.0327. The fourth-order valence-electron chi connectivity index (χ4n) is 5.39. The first kappa shape index (κ1) is 20.1. The van der Waals surface area contributed by atoms with E-state index in [0.717, 1.165) is 74.5 Å². The molecule has 1 atom stereocenters. The van der Waals surface area contributed by atoms with Crippen LogP contribution in [0.4, 0.5) is 11.5 Å². The van der Waals surface area contributed by atoms with E-state index in [1.54, 1.807) is 0 Å². The number of carbonyl (C=O) groups excluding carboxylic acids is 1. The number of fused-ring (bicyclic) bond motifs is 3. The Labute approximate surface area is 194 Å². The van der Waals surface area contributed by atoms with Gasteiger partial charge in [0.1, 0.15) is 0 Å². The lowest BCUT2D eigenvalue weighted by Crippen LogP contribution is -2.52. The summed E-state index contributed by atoms with van der Waals surface area (Å²) in [5, 5.41) is 0. The van der Waals surface area contributed by atoms with Crippen LogP contribution in [0.25, 0.3) is 16.6 Å². The molecule has 168 valence electrons. The van der Waals surface area contributed by atoms with Gasteiger partial charge < -0.3 is 19.1 Å². The number of anilines is 2. The van der Waals surface area contributed by atoms with E-state index in [4.69, 9.17) is 4.98 Å². The van der Waals surface area contributed by atoms with Crippen molar-refractivity contribution < 1.29 is 4.79 Å². The smallest absolute Gasteiger partial charge is 0.227 e. The highest BCUT2D eigenvalue weighted by molar-refractivity contribution is 5.86. The highest BCUT2D eigenvalue weighted by Gasteiger charge is 2.32. The van der Waals surface area contributed by atoms with Gasteiger partial charge in [-0.15, -0.1) is 0 Å². The second kappa shape index (κ2) is 8.43. The standard InChI is InChI=1S/C27H29N5O/c33-27(30-18-16-29(17-19-30)22-9-2-1-3-10-22)21-8-6-14-31(20-21)26-25-13-7-15-32(25)24-12-5-4-11-23(24)28-26/h1-5,7,9-13,15,21H,6,8,14,16-20H2/t21-/m1/s1. The monoisotopic (exact) mass is 439 g/mol. The molecule has 6 heteroatoms. The second-order valence-electron chi connectivity index (χ2n) is 9.12. The predicted octanol–water partition coefficient (Wildman–Crippen LogP) is 4.05. The first-order valence-corrected chi connectivity index (χ1v) is 12.0. The number of aromatic nitrogens is 2. The molecule has 2 saturated heterocycles. The normalized spacial score (nSPS) is 19.4. The van der Waals surface area contributed by atoms with E-state index < -0.39 is 0 Å². The maximum atomic E-state index is 13.5. The fourth-order valence-corrected chi connectivity index (χ4v) is 5.39. The van der Waals surface area contributed by atoms with Crippen LogP contribution in [0.2, 0.25) is 0 Å². The lowest BCUT2D eigenvalue weighted by atomic mass is 9.96. The average Bonchev–Trinajstić information content (AvgIpc) is 3.39. The maximum absolute atomic E-state index is 13.5. The molecule has 2 aromatic heterocycles. The van der Waals surface area contributed by atoms with Crippen LogP contribution >= 0.6 is 0 Å². The van der Waals surface area contributed by atoms with Gasteiger partial charge in [0.2, 0.25) is 5.91 Å². The van der Waals surface area contributed by atoms with E-state index in [1.165, 1.54) is 5.69 Å². The number of amides is 1. The maximum Gasteiger partial charge on any atom is 0.227 e. The SMILES string of the molecule is O=C([C@@H]1CCCN(c2nc3ccccc3n3cccc23)C1)N1CCN(c2ccccc2)CC1. The van der Waals surface area contributed by atoms with Gasteiger partial charge >= 0.3 is 0 Å². The minimum Gasteiger partial charge on any atom is -0.368 e. The van der Waals surface area contributed by atoms with Crippen molar-refractivity contribution in [2.45, 2.75) is 12.8 Å². The predicted molar refractivity (Wildman–Crippen MR) is 133 cm³/mol.